The van der Waals surface area contributed by atoms with E-state index in [2.05, 4.69) is 25.2 Å². The van der Waals surface area contributed by atoms with Crippen molar-refractivity contribution in [3.05, 3.63) is 34.3 Å². The number of anilines is 1. The largest absolute Gasteiger partial charge is 0.363 e. The number of carbonyl (C=O) groups excluding carboxylic acids is 1. The molecule has 0 saturated carbocycles. The van der Waals surface area contributed by atoms with Crippen molar-refractivity contribution < 1.29 is 9.32 Å². The van der Waals surface area contributed by atoms with E-state index in [-0.39, 0.29) is 21.7 Å². The molecule has 0 unspecified atom stereocenters. The zero-order valence-electron chi connectivity index (χ0n) is 7.65. The molecule has 1 amide bonds. The molecule has 16 heavy (non-hydrogen) atoms. The van der Waals surface area contributed by atoms with Gasteiger partial charge in [0.2, 0.25) is 0 Å². The molecule has 8 heteroatoms. The molecule has 6 nitrogen and oxygen atoms in total. The van der Waals surface area contributed by atoms with Crippen LogP contribution in [0.3, 0.4) is 0 Å². The van der Waals surface area contributed by atoms with E-state index < -0.39 is 5.91 Å². The average Bonchev–Trinajstić information content (AvgIpc) is 2.74. The number of carbonyl (C=O) groups is 1. The van der Waals surface area contributed by atoms with E-state index in [1.807, 2.05) is 0 Å². The summed E-state index contributed by atoms with van der Waals surface area (Å²) in [6.45, 7) is 0. The van der Waals surface area contributed by atoms with Gasteiger partial charge in [-0.05, 0) is 6.07 Å². The van der Waals surface area contributed by atoms with Gasteiger partial charge in [0, 0.05) is 6.07 Å². The lowest BCUT2D eigenvalue weighted by atomic mass is 10.3. The number of rotatable bonds is 2. The number of hydrogen-bond donors (Lipinski definition) is 1. The maximum absolute atomic E-state index is 11.7. The van der Waals surface area contributed by atoms with Gasteiger partial charge in [-0.3, -0.25) is 4.79 Å². The third-order valence-electron chi connectivity index (χ3n) is 1.64. The minimum atomic E-state index is -0.490. The standard InChI is InChI=1S/C8H4Cl2N4O2/c9-5-3-4(7(10)13-12-5)8(15)11-6-1-2-16-14-6/h1-3H,(H,11,14,15). The Morgan fingerprint density at radius 1 is 1.38 bits per heavy atom. The number of aromatic nitrogens is 3. The van der Waals surface area contributed by atoms with E-state index in [0.717, 1.165) is 0 Å². The van der Waals surface area contributed by atoms with Crippen molar-refractivity contribution in [2.45, 2.75) is 0 Å². The highest BCUT2D eigenvalue weighted by Gasteiger charge is 2.14. The number of hydrogen-bond acceptors (Lipinski definition) is 5. The monoisotopic (exact) mass is 258 g/mol. The maximum Gasteiger partial charge on any atom is 0.260 e. The molecule has 0 aliphatic heterocycles. The third-order valence-corrected chi connectivity index (χ3v) is 2.11. The van der Waals surface area contributed by atoms with Gasteiger partial charge in [-0.1, -0.05) is 28.4 Å². The van der Waals surface area contributed by atoms with Crippen molar-refractivity contribution in [3.63, 3.8) is 0 Å². The molecular weight excluding hydrogens is 255 g/mol. The quantitative estimate of drug-likeness (QED) is 0.892. The van der Waals surface area contributed by atoms with Crippen LogP contribution in [0.25, 0.3) is 0 Å². The summed E-state index contributed by atoms with van der Waals surface area (Å²) >= 11 is 11.3. The molecule has 0 atom stereocenters. The maximum atomic E-state index is 11.7. The van der Waals surface area contributed by atoms with E-state index >= 15 is 0 Å². The second-order valence-corrected chi connectivity index (χ2v) is 3.46. The van der Waals surface area contributed by atoms with Gasteiger partial charge in [-0.15, -0.1) is 10.2 Å². The minimum absolute atomic E-state index is 0.0367. The number of amides is 1. The van der Waals surface area contributed by atoms with Crippen LogP contribution in [0.1, 0.15) is 10.4 Å². The van der Waals surface area contributed by atoms with Gasteiger partial charge in [0.25, 0.3) is 5.91 Å². The zero-order valence-corrected chi connectivity index (χ0v) is 9.16. The first kappa shape index (κ1) is 10.8. The van der Waals surface area contributed by atoms with Crippen LogP contribution in [0, 0.1) is 0 Å². The molecule has 2 heterocycles. The number of nitrogens with one attached hydrogen (secondary N) is 1. The highest BCUT2D eigenvalue weighted by molar-refractivity contribution is 6.34. The van der Waals surface area contributed by atoms with E-state index in [1.54, 1.807) is 0 Å². The predicted octanol–water partition coefficient (Wildman–Crippen LogP) is 2.02. The lowest BCUT2D eigenvalue weighted by Crippen LogP contribution is -2.13. The summed E-state index contributed by atoms with van der Waals surface area (Å²) in [6, 6.07) is 2.80. The first-order valence-corrected chi connectivity index (χ1v) is 4.83. The van der Waals surface area contributed by atoms with Crippen molar-refractivity contribution >= 4 is 34.9 Å². The van der Waals surface area contributed by atoms with Crippen LogP contribution in [0.2, 0.25) is 10.3 Å². The fourth-order valence-corrected chi connectivity index (χ4v) is 1.30. The van der Waals surface area contributed by atoms with Crippen molar-refractivity contribution in [1.29, 1.82) is 0 Å². The minimum Gasteiger partial charge on any atom is -0.363 e. The Balaban J connectivity index is 2.24. The second kappa shape index (κ2) is 4.46. The zero-order chi connectivity index (χ0) is 11.5. The summed E-state index contributed by atoms with van der Waals surface area (Å²) < 4.78 is 4.55. The molecule has 0 aromatic carbocycles. The highest BCUT2D eigenvalue weighted by atomic mass is 35.5. The van der Waals surface area contributed by atoms with E-state index in [4.69, 9.17) is 23.2 Å². The van der Waals surface area contributed by atoms with Gasteiger partial charge < -0.3 is 9.84 Å². The van der Waals surface area contributed by atoms with Crippen LogP contribution in [0.5, 0.6) is 0 Å². The molecule has 2 aromatic heterocycles. The molecule has 0 saturated heterocycles. The summed E-state index contributed by atoms with van der Waals surface area (Å²) in [4.78, 5) is 11.7. The summed E-state index contributed by atoms with van der Waals surface area (Å²) in [5.41, 5.74) is 0.115. The first-order chi connectivity index (χ1) is 7.66. The van der Waals surface area contributed by atoms with E-state index in [1.165, 1.54) is 18.4 Å². The van der Waals surface area contributed by atoms with Gasteiger partial charge in [0.1, 0.15) is 6.26 Å². The molecule has 1 N–H and O–H groups in total. The van der Waals surface area contributed by atoms with Crippen molar-refractivity contribution in [2.75, 3.05) is 5.32 Å². The Hall–Kier alpha value is -1.66. The molecule has 0 fully saturated rings. The van der Waals surface area contributed by atoms with Gasteiger partial charge >= 0.3 is 0 Å². The Morgan fingerprint density at radius 3 is 2.88 bits per heavy atom. The molecule has 2 aromatic rings. The SMILES string of the molecule is O=C(Nc1ccon1)c1cc(Cl)nnc1Cl. The van der Waals surface area contributed by atoms with E-state index in [0.29, 0.717) is 0 Å². The van der Waals surface area contributed by atoms with Crippen LogP contribution < -0.4 is 5.32 Å². The molecule has 0 aliphatic carbocycles. The lowest BCUT2D eigenvalue weighted by Gasteiger charge is -2.02. The fourth-order valence-electron chi connectivity index (χ4n) is 0.973. The molecule has 0 radical (unpaired) electrons. The predicted molar refractivity (Wildman–Crippen MR) is 56.5 cm³/mol. The summed E-state index contributed by atoms with van der Waals surface area (Å²) in [6.07, 6.45) is 1.33. The Bertz CT molecular complexity index is 515. The normalized spacial score (nSPS) is 10.1. The fraction of sp³-hybridized carbons (Fsp3) is 0. The summed E-state index contributed by atoms with van der Waals surface area (Å²) in [7, 11) is 0. The second-order valence-electron chi connectivity index (χ2n) is 2.71. The molecule has 82 valence electrons. The third kappa shape index (κ3) is 2.29. The van der Waals surface area contributed by atoms with Crippen LogP contribution >= 0.6 is 23.2 Å². The van der Waals surface area contributed by atoms with Crippen LogP contribution in [-0.2, 0) is 0 Å². The Morgan fingerprint density at radius 2 is 2.19 bits per heavy atom. The Labute approximate surface area is 99.5 Å². The molecule has 0 aliphatic rings. The van der Waals surface area contributed by atoms with Crippen molar-refractivity contribution in [3.8, 4) is 0 Å². The van der Waals surface area contributed by atoms with E-state index in [9.17, 15) is 4.79 Å². The van der Waals surface area contributed by atoms with Crippen LogP contribution in [0.15, 0.2) is 22.9 Å². The summed E-state index contributed by atoms with van der Waals surface area (Å²) in [5.74, 6) is -0.218. The molecule has 0 spiro atoms. The topological polar surface area (TPSA) is 80.9 Å². The van der Waals surface area contributed by atoms with Crippen LogP contribution in [0.4, 0.5) is 5.82 Å². The highest BCUT2D eigenvalue weighted by Crippen LogP contribution is 2.16. The number of nitrogens with zero attached hydrogens (tertiary/aromatic N) is 3. The van der Waals surface area contributed by atoms with Gasteiger partial charge in [-0.25, -0.2) is 0 Å². The first-order valence-electron chi connectivity index (χ1n) is 4.07. The molecule has 2 rings (SSSR count). The Kier molecular flexibility index (Phi) is 3.02. The smallest absolute Gasteiger partial charge is 0.260 e. The van der Waals surface area contributed by atoms with Crippen LogP contribution in [-0.4, -0.2) is 21.3 Å². The lowest BCUT2D eigenvalue weighted by molar-refractivity contribution is 0.102. The van der Waals surface area contributed by atoms with Gasteiger partial charge in [-0.2, -0.15) is 0 Å². The number of halogens is 2. The summed E-state index contributed by atoms with van der Waals surface area (Å²) in [5, 5.41) is 13.0. The van der Waals surface area contributed by atoms with Gasteiger partial charge in [0.15, 0.2) is 16.1 Å². The van der Waals surface area contributed by atoms with Crippen molar-refractivity contribution in [1.82, 2.24) is 15.4 Å². The average molecular weight is 259 g/mol. The van der Waals surface area contributed by atoms with Crippen molar-refractivity contribution in [2.24, 2.45) is 0 Å². The van der Waals surface area contributed by atoms with Gasteiger partial charge in [0.05, 0.1) is 5.56 Å². The molecule has 0 bridgehead atoms. The molecular formula is C8H4Cl2N4O2.